The van der Waals surface area contributed by atoms with Crippen molar-refractivity contribution < 1.29 is 15.3 Å². The van der Waals surface area contributed by atoms with Crippen LogP contribution in [0, 0.1) is 23.7 Å². The molecule has 0 aliphatic rings. The van der Waals surface area contributed by atoms with Crippen molar-refractivity contribution in [3.05, 3.63) is 0 Å². The first kappa shape index (κ1) is 18.9. The lowest BCUT2D eigenvalue weighted by Crippen LogP contribution is -2.38. The highest BCUT2D eigenvalue weighted by Crippen LogP contribution is 2.35. The summed E-state index contributed by atoms with van der Waals surface area (Å²) in [4.78, 5) is 0. The molecule has 0 saturated carbocycles. The molecule has 0 rings (SSSR count). The van der Waals surface area contributed by atoms with Gasteiger partial charge in [0.15, 0.2) is 0 Å². The fourth-order valence-electron chi connectivity index (χ4n) is 3.33. The van der Waals surface area contributed by atoms with Gasteiger partial charge in [-0.1, -0.05) is 47.0 Å². The molecule has 0 bridgehead atoms. The van der Waals surface area contributed by atoms with Gasteiger partial charge in [0.2, 0.25) is 0 Å². The van der Waals surface area contributed by atoms with E-state index < -0.39 is 6.10 Å². The molecule has 0 fully saturated rings. The highest BCUT2D eigenvalue weighted by atomic mass is 16.3. The highest BCUT2D eigenvalue weighted by molar-refractivity contribution is 4.83. The first-order valence-corrected chi connectivity index (χ1v) is 8.00. The quantitative estimate of drug-likeness (QED) is 0.543. The van der Waals surface area contributed by atoms with Crippen LogP contribution in [0.15, 0.2) is 0 Å². The standard InChI is InChI=1S/C16H34O3/c1-5-9-15(12(6-2)10-17)14(8-4)16(19)13(7-3)11-18/h12-19H,5-11H2,1-4H3. The molecule has 0 aromatic heterocycles. The topological polar surface area (TPSA) is 60.7 Å². The van der Waals surface area contributed by atoms with Gasteiger partial charge >= 0.3 is 0 Å². The molecule has 3 N–H and O–H groups in total. The van der Waals surface area contributed by atoms with Crippen molar-refractivity contribution in [2.45, 2.75) is 65.9 Å². The average molecular weight is 274 g/mol. The lowest BCUT2D eigenvalue weighted by Gasteiger charge is -2.37. The summed E-state index contributed by atoms with van der Waals surface area (Å²) >= 11 is 0. The van der Waals surface area contributed by atoms with E-state index >= 15 is 0 Å². The maximum absolute atomic E-state index is 10.6. The van der Waals surface area contributed by atoms with E-state index in [0.29, 0.717) is 5.92 Å². The second-order valence-corrected chi connectivity index (χ2v) is 5.72. The van der Waals surface area contributed by atoms with E-state index in [-0.39, 0.29) is 31.0 Å². The zero-order valence-corrected chi connectivity index (χ0v) is 13.2. The van der Waals surface area contributed by atoms with Gasteiger partial charge in [-0.15, -0.1) is 0 Å². The minimum Gasteiger partial charge on any atom is -0.396 e. The van der Waals surface area contributed by atoms with E-state index in [1.54, 1.807) is 0 Å². The maximum atomic E-state index is 10.6. The zero-order chi connectivity index (χ0) is 14.8. The minimum absolute atomic E-state index is 0.0412. The fraction of sp³-hybridized carbons (Fsp3) is 1.00. The third-order valence-corrected chi connectivity index (χ3v) is 4.69. The molecular formula is C16H34O3. The molecule has 0 heterocycles. The molecule has 0 spiro atoms. The Hall–Kier alpha value is -0.120. The molecule has 3 nitrogen and oxygen atoms in total. The summed E-state index contributed by atoms with van der Waals surface area (Å²) < 4.78 is 0. The Kier molecular flexibility index (Phi) is 10.6. The number of hydrogen-bond acceptors (Lipinski definition) is 3. The summed E-state index contributed by atoms with van der Waals surface area (Å²) in [5.41, 5.74) is 0. The number of hydrogen-bond donors (Lipinski definition) is 3. The van der Waals surface area contributed by atoms with E-state index in [2.05, 4.69) is 20.8 Å². The number of rotatable bonds is 11. The Morgan fingerprint density at radius 3 is 1.58 bits per heavy atom. The maximum Gasteiger partial charge on any atom is 0.0620 e. The molecule has 0 saturated heterocycles. The number of aliphatic hydroxyl groups is 3. The first-order chi connectivity index (χ1) is 9.10. The molecular weight excluding hydrogens is 240 g/mol. The summed E-state index contributed by atoms with van der Waals surface area (Å²) in [6, 6.07) is 0. The van der Waals surface area contributed by atoms with Crippen molar-refractivity contribution in [3.63, 3.8) is 0 Å². The van der Waals surface area contributed by atoms with E-state index in [1.807, 2.05) is 6.92 Å². The third kappa shape index (κ3) is 5.41. The number of aliphatic hydroxyl groups excluding tert-OH is 3. The highest BCUT2D eigenvalue weighted by Gasteiger charge is 2.34. The monoisotopic (exact) mass is 274 g/mol. The van der Waals surface area contributed by atoms with Crippen LogP contribution in [0.3, 0.4) is 0 Å². The Balaban J connectivity index is 5.00. The van der Waals surface area contributed by atoms with E-state index in [9.17, 15) is 15.3 Å². The van der Waals surface area contributed by atoms with Crippen molar-refractivity contribution in [2.75, 3.05) is 13.2 Å². The molecule has 0 aromatic carbocycles. The van der Waals surface area contributed by atoms with Crippen LogP contribution in [0.4, 0.5) is 0 Å². The van der Waals surface area contributed by atoms with Gasteiger partial charge in [0, 0.05) is 19.1 Å². The zero-order valence-electron chi connectivity index (χ0n) is 13.2. The van der Waals surface area contributed by atoms with Crippen molar-refractivity contribution >= 4 is 0 Å². The van der Waals surface area contributed by atoms with Crippen molar-refractivity contribution in [2.24, 2.45) is 23.7 Å². The minimum atomic E-state index is -0.461. The second-order valence-electron chi connectivity index (χ2n) is 5.72. The van der Waals surface area contributed by atoms with Crippen LogP contribution in [0.1, 0.15) is 59.8 Å². The molecule has 0 radical (unpaired) electrons. The molecule has 0 amide bonds. The van der Waals surface area contributed by atoms with Crippen molar-refractivity contribution in [1.29, 1.82) is 0 Å². The van der Waals surface area contributed by atoms with Crippen molar-refractivity contribution in [3.8, 4) is 0 Å². The van der Waals surface area contributed by atoms with Crippen LogP contribution in [-0.2, 0) is 0 Å². The Bertz CT molecular complexity index is 200. The lowest BCUT2D eigenvalue weighted by molar-refractivity contribution is -0.0239. The third-order valence-electron chi connectivity index (χ3n) is 4.69. The molecule has 116 valence electrons. The molecule has 5 atom stereocenters. The van der Waals surface area contributed by atoms with E-state index in [4.69, 9.17) is 0 Å². The van der Waals surface area contributed by atoms with E-state index in [1.165, 1.54) is 0 Å². The smallest absolute Gasteiger partial charge is 0.0620 e. The first-order valence-electron chi connectivity index (χ1n) is 8.00. The van der Waals surface area contributed by atoms with Crippen LogP contribution in [0.5, 0.6) is 0 Å². The van der Waals surface area contributed by atoms with Gasteiger partial charge in [-0.25, -0.2) is 0 Å². The predicted molar refractivity (Wildman–Crippen MR) is 79.9 cm³/mol. The van der Waals surface area contributed by atoms with Gasteiger partial charge in [0.1, 0.15) is 0 Å². The molecule has 19 heavy (non-hydrogen) atoms. The molecule has 3 heteroatoms. The van der Waals surface area contributed by atoms with Gasteiger partial charge in [-0.05, 0) is 30.6 Å². The van der Waals surface area contributed by atoms with Gasteiger partial charge in [0.25, 0.3) is 0 Å². The Morgan fingerprint density at radius 1 is 0.737 bits per heavy atom. The predicted octanol–water partition coefficient (Wildman–Crippen LogP) is 2.83. The largest absolute Gasteiger partial charge is 0.396 e. The SMILES string of the molecule is CCCC(C(CC)CO)C(CC)C(O)C(CC)CO. The molecule has 5 unspecified atom stereocenters. The van der Waals surface area contributed by atoms with Gasteiger partial charge in [0.05, 0.1) is 6.10 Å². The fourth-order valence-corrected chi connectivity index (χ4v) is 3.33. The van der Waals surface area contributed by atoms with Gasteiger partial charge < -0.3 is 15.3 Å². The van der Waals surface area contributed by atoms with E-state index in [0.717, 1.165) is 32.1 Å². The second kappa shape index (κ2) is 10.6. The Labute approximate surface area is 119 Å². The van der Waals surface area contributed by atoms with Crippen LogP contribution >= 0.6 is 0 Å². The van der Waals surface area contributed by atoms with Crippen molar-refractivity contribution in [1.82, 2.24) is 0 Å². The summed E-state index contributed by atoms with van der Waals surface area (Å²) in [6.07, 6.45) is 4.29. The average Bonchev–Trinajstić information content (AvgIpc) is 2.42. The molecule has 0 aliphatic carbocycles. The van der Waals surface area contributed by atoms with Crippen LogP contribution in [-0.4, -0.2) is 34.6 Å². The molecule has 0 aromatic rings. The van der Waals surface area contributed by atoms with Crippen LogP contribution < -0.4 is 0 Å². The van der Waals surface area contributed by atoms with Crippen LogP contribution in [0.2, 0.25) is 0 Å². The summed E-state index contributed by atoms with van der Waals surface area (Å²) in [6.45, 7) is 8.61. The van der Waals surface area contributed by atoms with Gasteiger partial charge in [-0.3, -0.25) is 0 Å². The summed E-state index contributed by atoms with van der Waals surface area (Å²) in [5.74, 6) is 0.742. The van der Waals surface area contributed by atoms with Gasteiger partial charge in [-0.2, -0.15) is 0 Å². The van der Waals surface area contributed by atoms with Crippen LogP contribution in [0.25, 0.3) is 0 Å². The lowest BCUT2D eigenvalue weighted by atomic mass is 9.71. The molecule has 0 aliphatic heterocycles. The normalized spacial score (nSPS) is 19.7. The summed E-state index contributed by atoms with van der Waals surface area (Å²) in [7, 11) is 0. The summed E-state index contributed by atoms with van der Waals surface area (Å²) in [5, 5.41) is 29.5. The Morgan fingerprint density at radius 2 is 1.26 bits per heavy atom.